The van der Waals surface area contributed by atoms with Gasteiger partial charge < -0.3 is 9.47 Å². The SMILES string of the molecule is CCOC(=O)[C@]1(C(=C(C#N)C#N)c2ccccc2)CC=C(c2ccccc2)COC1. The third-order valence-corrected chi connectivity index (χ3v) is 5.13. The molecule has 0 aliphatic carbocycles. The average Bonchev–Trinajstić information content (AvgIpc) is 3.02. The van der Waals surface area contributed by atoms with Gasteiger partial charge in [0.05, 0.1) is 19.8 Å². The molecule has 5 nitrogen and oxygen atoms in total. The van der Waals surface area contributed by atoms with Crippen LogP contribution in [0.25, 0.3) is 11.1 Å². The number of rotatable bonds is 5. The van der Waals surface area contributed by atoms with Crippen LogP contribution in [0.15, 0.2) is 72.3 Å². The van der Waals surface area contributed by atoms with Gasteiger partial charge >= 0.3 is 5.97 Å². The third-order valence-electron chi connectivity index (χ3n) is 5.13. The Hall–Kier alpha value is -3.67. The molecule has 150 valence electrons. The molecule has 1 aliphatic rings. The van der Waals surface area contributed by atoms with Crippen LogP contribution >= 0.6 is 0 Å². The summed E-state index contributed by atoms with van der Waals surface area (Å²) in [4.78, 5) is 13.3. The van der Waals surface area contributed by atoms with Crippen LogP contribution in [0, 0.1) is 28.1 Å². The quantitative estimate of drug-likeness (QED) is 0.545. The summed E-state index contributed by atoms with van der Waals surface area (Å²) in [5, 5.41) is 19.4. The van der Waals surface area contributed by atoms with E-state index in [0.717, 1.165) is 11.1 Å². The molecule has 0 bridgehead atoms. The fourth-order valence-corrected chi connectivity index (χ4v) is 3.69. The molecule has 30 heavy (non-hydrogen) atoms. The van der Waals surface area contributed by atoms with Crippen LogP contribution in [0.5, 0.6) is 0 Å². The molecule has 0 spiro atoms. The highest BCUT2D eigenvalue weighted by atomic mass is 16.5. The van der Waals surface area contributed by atoms with Crippen molar-refractivity contribution in [2.45, 2.75) is 13.3 Å². The van der Waals surface area contributed by atoms with Crippen molar-refractivity contribution in [1.82, 2.24) is 0 Å². The van der Waals surface area contributed by atoms with Crippen LogP contribution in [0.2, 0.25) is 0 Å². The molecule has 1 aliphatic heterocycles. The van der Waals surface area contributed by atoms with Crippen LogP contribution in [0.1, 0.15) is 24.5 Å². The van der Waals surface area contributed by atoms with E-state index in [1.165, 1.54) is 0 Å². The molecule has 0 fully saturated rings. The topological polar surface area (TPSA) is 83.1 Å². The van der Waals surface area contributed by atoms with Gasteiger partial charge in [-0.05, 0) is 30.0 Å². The maximum absolute atomic E-state index is 13.3. The standard InChI is InChI=1S/C25H22N2O3/c1-2-30-24(28)25(23(22(15-26)16-27)20-11-7-4-8-12-20)14-13-21(17-29-18-25)19-9-5-3-6-10-19/h3-13H,2,14,17-18H2,1H3/t25-/m1/s1. The Morgan fingerprint density at radius 3 is 2.30 bits per heavy atom. The molecule has 5 heteroatoms. The normalized spacial score (nSPS) is 18.2. The van der Waals surface area contributed by atoms with E-state index < -0.39 is 11.4 Å². The maximum Gasteiger partial charge on any atom is 0.319 e. The van der Waals surface area contributed by atoms with Gasteiger partial charge in [-0.15, -0.1) is 0 Å². The average molecular weight is 398 g/mol. The zero-order valence-corrected chi connectivity index (χ0v) is 16.8. The van der Waals surface area contributed by atoms with Gasteiger partial charge in [-0.3, -0.25) is 4.79 Å². The molecule has 2 aromatic carbocycles. The van der Waals surface area contributed by atoms with Gasteiger partial charge in [0.2, 0.25) is 0 Å². The van der Waals surface area contributed by atoms with E-state index >= 15 is 0 Å². The summed E-state index contributed by atoms with van der Waals surface area (Å²) in [7, 11) is 0. The van der Waals surface area contributed by atoms with E-state index in [1.807, 2.05) is 66.7 Å². The molecule has 0 amide bonds. The first-order chi connectivity index (χ1) is 14.7. The highest BCUT2D eigenvalue weighted by Crippen LogP contribution is 2.44. The van der Waals surface area contributed by atoms with E-state index in [9.17, 15) is 15.3 Å². The Morgan fingerprint density at radius 1 is 1.07 bits per heavy atom. The number of nitriles is 2. The summed E-state index contributed by atoms with van der Waals surface area (Å²) in [5.74, 6) is -0.502. The second-order valence-electron chi connectivity index (χ2n) is 6.93. The van der Waals surface area contributed by atoms with Crippen molar-refractivity contribution in [1.29, 1.82) is 10.5 Å². The minimum Gasteiger partial charge on any atom is -0.465 e. The molecule has 0 N–H and O–H groups in total. The van der Waals surface area contributed by atoms with Crippen molar-refractivity contribution in [2.75, 3.05) is 19.8 Å². The van der Waals surface area contributed by atoms with E-state index in [1.54, 1.807) is 19.1 Å². The highest BCUT2D eigenvalue weighted by molar-refractivity contribution is 5.97. The molecule has 0 unspecified atom stereocenters. The zero-order chi connectivity index (χ0) is 21.4. The largest absolute Gasteiger partial charge is 0.465 e. The van der Waals surface area contributed by atoms with Crippen LogP contribution in [-0.2, 0) is 14.3 Å². The molecular weight excluding hydrogens is 376 g/mol. The minimum absolute atomic E-state index is 0.00968. The van der Waals surface area contributed by atoms with E-state index in [-0.39, 0.29) is 25.2 Å². The summed E-state index contributed by atoms with van der Waals surface area (Å²) in [5.41, 5.74) is 1.51. The number of ether oxygens (including phenoxy) is 2. The molecule has 3 rings (SSSR count). The number of carbonyl (C=O) groups is 1. The number of esters is 1. The van der Waals surface area contributed by atoms with Gasteiger partial charge in [0.1, 0.15) is 23.1 Å². The smallest absolute Gasteiger partial charge is 0.319 e. The molecule has 2 aromatic rings. The van der Waals surface area contributed by atoms with Crippen LogP contribution in [0.4, 0.5) is 0 Å². The predicted molar refractivity (Wildman–Crippen MR) is 114 cm³/mol. The third kappa shape index (κ3) is 4.17. The maximum atomic E-state index is 13.3. The molecule has 0 saturated carbocycles. The van der Waals surface area contributed by atoms with Crippen molar-refractivity contribution in [2.24, 2.45) is 5.41 Å². The number of hydrogen-bond donors (Lipinski definition) is 0. The Bertz CT molecular complexity index is 1030. The lowest BCUT2D eigenvalue weighted by Gasteiger charge is -2.32. The summed E-state index contributed by atoms with van der Waals surface area (Å²) < 4.78 is 11.4. The van der Waals surface area contributed by atoms with Crippen molar-refractivity contribution in [3.63, 3.8) is 0 Å². The Balaban J connectivity index is 2.20. The van der Waals surface area contributed by atoms with Gasteiger partial charge in [0.25, 0.3) is 0 Å². The second kappa shape index (κ2) is 9.69. The predicted octanol–water partition coefficient (Wildman–Crippen LogP) is 4.54. The number of carbonyl (C=O) groups excluding carboxylic acids is 1. The van der Waals surface area contributed by atoms with Crippen LogP contribution in [-0.4, -0.2) is 25.8 Å². The van der Waals surface area contributed by atoms with Gasteiger partial charge in [0, 0.05) is 5.57 Å². The molecule has 1 atom stereocenters. The van der Waals surface area contributed by atoms with Crippen molar-refractivity contribution < 1.29 is 14.3 Å². The monoisotopic (exact) mass is 398 g/mol. The molecule has 0 aromatic heterocycles. The van der Waals surface area contributed by atoms with Crippen molar-refractivity contribution >= 4 is 17.1 Å². The highest BCUT2D eigenvalue weighted by Gasteiger charge is 2.46. The Labute approximate surface area is 176 Å². The number of allylic oxidation sites excluding steroid dienone is 2. The van der Waals surface area contributed by atoms with Gasteiger partial charge in [0.15, 0.2) is 0 Å². The molecule has 0 radical (unpaired) electrons. The zero-order valence-electron chi connectivity index (χ0n) is 16.8. The van der Waals surface area contributed by atoms with Crippen molar-refractivity contribution in [3.8, 4) is 12.1 Å². The summed E-state index contributed by atoms with van der Waals surface area (Å²) in [6.45, 7) is 2.25. The van der Waals surface area contributed by atoms with E-state index in [0.29, 0.717) is 17.7 Å². The minimum atomic E-state index is -1.30. The van der Waals surface area contributed by atoms with Crippen molar-refractivity contribution in [3.05, 3.63) is 83.4 Å². The lowest BCUT2D eigenvalue weighted by atomic mass is 9.72. The summed E-state index contributed by atoms with van der Waals surface area (Å²) in [6.07, 6.45) is 2.21. The van der Waals surface area contributed by atoms with Crippen LogP contribution in [0.3, 0.4) is 0 Å². The molecule has 1 heterocycles. The number of hydrogen-bond acceptors (Lipinski definition) is 5. The Kier molecular flexibility index (Phi) is 6.80. The summed E-state index contributed by atoms with van der Waals surface area (Å²) >= 11 is 0. The lowest BCUT2D eigenvalue weighted by molar-refractivity contribution is -0.154. The fraction of sp³-hybridized carbons (Fsp3) is 0.240. The van der Waals surface area contributed by atoms with E-state index in [2.05, 4.69) is 0 Å². The van der Waals surface area contributed by atoms with Crippen LogP contribution < -0.4 is 0 Å². The second-order valence-corrected chi connectivity index (χ2v) is 6.93. The molecule has 0 saturated heterocycles. The first-order valence-electron chi connectivity index (χ1n) is 9.76. The summed E-state index contributed by atoms with van der Waals surface area (Å²) in [6, 6.07) is 22.8. The first kappa shape index (κ1) is 21.0. The fourth-order valence-electron chi connectivity index (χ4n) is 3.69. The number of benzene rings is 2. The van der Waals surface area contributed by atoms with E-state index in [4.69, 9.17) is 9.47 Å². The van der Waals surface area contributed by atoms with Gasteiger partial charge in [-0.1, -0.05) is 66.7 Å². The van der Waals surface area contributed by atoms with Gasteiger partial charge in [-0.2, -0.15) is 10.5 Å². The first-order valence-corrected chi connectivity index (χ1v) is 9.76. The van der Waals surface area contributed by atoms with Gasteiger partial charge in [-0.25, -0.2) is 0 Å². The Morgan fingerprint density at radius 2 is 1.70 bits per heavy atom. The molecular formula is C25H22N2O3. The lowest BCUT2D eigenvalue weighted by Crippen LogP contribution is -2.38. The number of nitrogens with zero attached hydrogens (tertiary/aromatic N) is 2.